The Morgan fingerprint density at radius 3 is 2.24 bits per heavy atom. The minimum Gasteiger partial charge on any atom is -0.457 e. The van der Waals surface area contributed by atoms with Gasteiger partial charge >= 0.3 is 5.97 Å². The number of hydrogen-bond donors (Lipinski definition) is 0. The molecule has 182 valence electrons. The van der Waals surface area contributed by atoms with Crippen molar-refractivity contribution in [1.82, 2.24) is 0 Å². The van der Waals surface area contributed by atoms with Crippen LogP contribution >= 0.6 is 0 Å². The third kappa shape index (κ3) is 5.52. The molecule has 0 spiro atoms. The highest BCUT2D eigenvalue weighted by Crippen LogP contribution is 2.33. The van der Waals surface area contributed by atoms with Gasteiger partial charge in [0.25, 0.3) is 5.91 Å². The Bertz CT molecular complexity index is 960. The summed E-state index contributed by atoms with van der Waals surface area (Å²) in [5.41, 5.74) is 4.31. The molecule has 0 N–H and O–H groups in total. The zero-order valence-electron chi connectivity index (χ0n) is 20.8. The lowest BCUT2D eigenvalue weighted by Gasteiger charge is -2.47. The smallest absolute Gasteiger partial charge is 0.362 e. The van der Waals surface area contributed by atoms with E-state index in [0.717, 1.165) is 67.7 Å². The van der Waals surface area contributed by atoms with Gasteiger partial charge in [-0.2, -0.15) is 0 Å². The summed E-state index contributed by atoms with van der Waals surface area (Å²) in [7, 11) is 0. The molecule has 0 radical (unpaired) electrons. The van der Waals surface area contributed by atoms with Crippen LogP contribution in [0, 0.1) is 13.8 Å². The van der Waals surface area contributed by atoms with Gasteiger partial charge in [0, 0.05) is 18.7 Å². The van der Waals surface area contributed by atoms with Crippen LogP contribution in [0.5, 0.6) is 0 Å². The zero-order valence-corrected chi connectivity index (χ0v) is 20.8. The van der Waals surface area contributed by atoms with Gasteiger partial charge in [-0.15, -0.1) is 0 Å². The second-order valence-electron chi connectivity index (χ2n) is 10.1. The largest absolute Gasteiger partial charge is 0.457 e. The average molecular weight is 464 g/mol. The quantitative estimate of drug-likeness (QED) is 0.430. The van der Waals surface area contributed by atoms with E-state index in [4.69, 9.17) is 4.74 Å². The number of anilines is 1. The summed E-state index contributed by atoms with van der Waals surface area (Å²) in [5, 5.41) is 0. The molecule has 0 saturated carbocycles. The first-order chi connectivity index (χ1) is 16.5. The first-order valence-corrected chi connectivity index (χ1v) is 12.9. The van der Waals surface area contributed by atoms with E-state index in [-0.39, 0.29) is 31.1 Å². The number of quaternary nitrogens is 1. The van der Waals surface area contributed by atoms with E-state index in [9.17, 15) is 9.59 Å². The fraction of sp³-hybridized carbons (Fsp3) is 0.517. The van der Waals surface area contributed by atoms with Crippen molar-refractivity contribution in [3.05, 3.63) is 65.2 Å². The number of carbonyl (C=O) groups is 2. The van der Waals surface area contributed by atoms with Gasteiger partial charge < -0.3 is 14.1 Å². The minimum absolute atomic E-state index is 0.181. The molecule has 2 aromatic rings. The van der Waals surface area contributed by atoms with Crippen LogP contribution in [0.15, 0.2) is 48.5 Å². The molecule has 2 saturated heterocycles. The van der Waals surface area contributed by atoms with Crippen LogP contribution in [-0.4, -0.2) is 48.6 Å². The van der Waals surface area contributed by atoms with Crippen molar-refractivity contribution < 1.29 is 18.8 Å². The van der Waals surface area contributed by atoms with E-state index in [1.165, 1.54) is 19.3 Å². The molecular formula is C29H39N2O3+. The van der Waals surface area contributed by atoms with Crippen LogP contribution < -0.4 is 4.90 Å². The van der Waals surface area contributed by atoms with Gasteiger partial charge in [-0.1, -0.05) is 55.0 Å². The summed E-state index contributed by atoms with van der Waals surface area (Å²) in [6.45, 7) is 7.23. The Morgan fingerprint density at radius 2 is 1.56 bits per heavy atom. The van der Waals surface area contributed by atoms with Crippen LogP contribution in [0.1, 0.15) is 61.6 Å². The number of amides is 1. The van der Waals surface area contributed by atoms with Crippen molar-refractivity contribution >= 4 is 17.6 Å². The van der Waals surface area contributed by atoms with E-state index < -0.39 is 0 Å². The Hall–Kier alpha value is -2.66. The second kappa shape index (κ2) is 11.2. The molecule has 2 fully saturated rings. The van der Waals surface area contributed by atoms with Crippen molar-refractivity contribution in [2.45, 2.75) is 71.4 Å². The molecule has 34 heavy (non-hydrogen) atoms. The van der Waals surface area contributed by atoms with Crippen LogP contribution in [0.25, 0.3) is 0 Å². The molecule has 5 heteroatoms. The number of esters is 1. The molecule has 0 aliphatic carbocycles. The maximum Gasteiger partial charge on any atom is 0.362 e. The number of carbonyl (C=O) groups excluding carboxylic acids is 2. The summed E-state index contributed by atoms with van der Waals surface area (Å²) in [6, 6.07) is 15.9. The number of benzene rings is 2. The van der Waals surface area contributed by atoms with Crippen molar-refractivity contribution in [3.63, 3.8) is 0 Å². The Labute approximate surface area is 204 Å². The summed E-state index contributed by atoms with van der Waals surface area (Å²) in [6.07, 6.45) is 7.49. The highest BCUT2D eigenvalue weighted by molar-refractivity contribution is 5.98. The molecule has 1 amide bonds. The van der Waals surface area contributed by atoms with Gasteiger partial charge in [-0.05, 0) is 62.6 Å². The highest BCUT2D eigenvalue weighted by atomic mass is 16.5. The van der Waals surface area contributed by atoms with Gasteiger partial charge in [0.05, 0.1) is 13.1 Å². The topological polar surface area (TPSA) is 46.6 Å². The Morgan fingerprint density at radius 1 is 0.912 bits per heavy atom. The molecule has 2 aromatic carbocycles. The maximum absolute atomic E-state index is 14.1. The standard InChI is InChI=1S/C29H39N2O3/c1-23-13-11-14-24(2)28(23)30-18-12-17-26(29(30)33)31(19-9-4-3-5-10-20-31)21-27(32)34-22-25-15-7-6-8-16-25/h6-8,11,13-16,26H,3-5,9-10,12,17-22H2,1-2H3/q+1. The van der Waals surface area contributed by atoms with E-state index in [1.807, 2.05) is 35.2 Å². The van der Waals surface area contributed by atoms with E-state index >= 15 is 0 Å². The van der Waals surface area contributed by atoms with Gasteiger partial charge in [0.2, 0.25) is 0 Å². The molecule has 4 rings (SSSR count). The molecule has 2 aliphatic heterocycles. The Kier molecular flexibility index (Phi) is 8.04. The highest BCUT2D eigenvalue weighted by Gasteiger charge is 2.47. The molecule has 0 aromatic heterocycles. The molecule has 2 heterocycles. The molecule has 1 atom stereocenters. The van der Waals surface area contributed by atoms with Gasteiger partial charge in [-0.25, -0.2) is 4.79 Å². The number of hydrogen-bond acceptors (Lipinski definition) is 3. The predicted molar refractivity (Wildman–Crippen MR) is 135 cm³/mol. The second-order valence-corrected chi connectivity index (χ2v) is 10.1. The van der Waals surface area contributed by atoms with Crippen molar-refractivity contribution in [2.75, 3.05) is 31.1 Å². The van der Waals surface area contributed by atoms with Crippen LogP contribution in [0.3, 0.4) is 0 Å². The van der Waals surface area contributed by atoms with Gasteiger partial charge in [0.1, 0.15) is 6.61 Å². The number of aryl methyl sites for hydroxylation is 2. The number of ether oxygens (including phenoxy) is 1. The van der Waals surface area contributed by atoms with Gasteiger partial charge in [-0.3, -0.25) is 4.79 Å². The first-order valence-electron chi connectivity index (χ1n) is 12.9. The number of likely N-dealkylation sites (tertiary alicyclic amines) is 1. The molecule has 2 aliphatic rings. The SMILES string of the molecule is Cc1cccc(C)c1N1CCCC([N+]2(CC(=O)OCc3ccccc3)CCCCCCC2)C1=O. The minimum atomic E-state index is -0.193. The maximum atomic E-state index is 14.1. The summed E-state index contributed by atoms with van der Waals surface area (Å²) in [5.74, 6) is -0.0125. The fourth-order valence-corrected chi connectivity index (χ4v) is 5.93. The monoisotopic (exact) mass is 463 g/mol. The first kappa shape index (κ1) is 24.5. The lowest BCUT2D eigenvalue weighted by Crippen LogP contribution is -2.66. The summed E-state index contributed by atoms with van der Waals surface area (Å²) < 4.78 is 6.27. The van der Waals surface area contributed by atoms with E-state index in [1.54, 1.807) is 0 Å². The van der Waals surface area contributed by atoms with E-state index in [0.29, 0.717) is 4.48 Å². The third-order valence-electron chi connectivity index (χ3n) is 7.67. The lowest BCUT2D eigenvalue weighted by atomic mass is 9.94. The molecule has 1 unspecified atom stereocenters. The number of para-hydroxylation sites is 1. The normalized spacial score (nSPS) is 20.9. The molecular weight excluding hydrogens is 424 g/mol. The average Bonchev–Trinajstić information content (AvgIpc) is 2.81. The Balaban J connectivity index is 1.57. The third-order valence-corrected chi connectivity index (χ3v) is 7.67. The number of piperidine rings is 1. The number of rotatable bonds is 6. The van der Waals surface area contributed by atoms with Gasteiger partial charge in [0.15, 0.2) is 12.6 Å². The van der Waals surface area contributed by atoms with Crippen LogP contribution in [0.2, 0.25) is 0 Å². The van der Waals surface area contributed by atoms with Crippen LogP contribution in [0.4, 0.5) is 5.69 Å². The van der Waals surface area contributed by atoms with E-state index in [2.05, 4.69) is 32.0 Å². The lowest BCUT2D eigenvalue weighted by molar-refractivity contribution is -0.937. The van der Waals surface area contributed by atoms with Crippen molar-refractivity contribution in [2.24, 2.45) is 0 Å². The fourth-order valence-electron chi connectivity index (χ4n) is 5.93. The molecule has 0 bridgehead atoms. The van der Waals surface area contributed by atoms with Crippen LogP contribution in [-0.2, 0) is 20.9 Å². The zero-order chi connectivity index (χ0) is 24.0. The summed E-state index contributed by atoms with van der Waals surface area (Å²) >= 11 is 0. The van der Waals surface area contributed by atoms with Crippen molar-refractivity contribution in [1.29, 1.82) is 0 Å². The summed E-state index contributed by atoms with van der Waals surface area (Å²) in [4.78, 5) is 29.2. The molecule has 5 nitrogen and oxygen atoms in total. The van der Waals surface area contributed by atoms with Crippen molar-refractivity contribution in [3.8, 4) is 0 Å². The predicted octanol–water partition coefficient (Wildman–Crippen LogP) is 5.32. The number of nitrogens with zero attached hydrogens (tertiary/aromatic N) is 2.